The standard InChI is InChI=1S/C18H24N4O/c1-12(2)22-14-6-7-15(22)11-21(9-8-14)18(23)16-5-3-4-13-10-19-20-17(13)16/h3-5,10,12,14-15H,6-9,11H2,1-2H3,(H,19,20)/t14-,15-/m0/s1. The molecule has 1 N–H and O–H groups in total. The summed E-state index contributed by atoms with van der Waals surface area (Å²) >= 11 is 0. The second kappa shape index (κ2) is 5.64. The molecule has 0 saturated carbocycles. The van der Waals surface area contributed by atoms with Gasteiger partial charge in [-0.15, -0.1) is 0 Å². The van der Waals surface area contributed by atoms with Crippen molar-refractivity contribution in [2.24, 2.45) is 0 Å². The molecule has 2 aliphatic rings. The Kier molecular flexibility index (Phi) is 3.60. The molecule has 2 fully saturated rings. The molecule has 5 heteroatoms. The number of nitrogens with zero attached hydrogens (tertiary/aromatic N) is 3. The number of nitrogens with one attached hydrogen (secondary N) is 1. The lowest BCUT2D eigenvalue weighted by Crippen LogP contribution is -2.44. The van der Waals surface area contributed by atoms with Crippen LogP contribution in [-0.2, 0) is 0 Å². The van der Waals surface area contributed by atoms with Crippen LogP contribution in [0.3, 0.4) is 0 Å². The maximum Gasteiger partial charge on any atom is 0.256 e. The van der Waals surface area contributed by atoms with Gasteiger partial charge in [-0.25, -0.2) is 0 Å². The van der Waals surface area contributed by atoms with E-state index in [-0.39, 0.29) is 5.91 Å². The van der Waals surface area contributed by atoms with Crippen molar-refractivity contribution in [1.82, 2.24) is 20.0 Å². The largest absolute Gasteiger partial charge is 0.337 e. The van der Waals surface area contributed by atoms with Crippen LogP contribution in [0.1, 0.15) is 43.5 Å². The van der Waals surface area contributed by atoms with E-state index in [2.05, 4.69) is 33.8 Å². The smallest absolute Gasteiger partial charge is 0.256 e. The summed E-state index contributed by atoms with van der Waals surface area (Å²) in [6.45, 7) is 6.24. The number of carbonyl (C=O) groups is 1. The Morgan fingerprint density at radius 3 is 2.91 bits per heavy atom. The van der Waals surface area contributed by atoms with E-state index in [1.165, 1.54) is 12.8 Å². The fraction of sp³-hybridized carbons (Fsp3) is 0.556. The van der Waals surface area contributed by atoms with Crippen LogP contribution >= 0.6 is 0 Å². The monoisotopic (exact) mass is 312 g/mol. The normalized spacial score (nSPS) is 25.3. The van der Waals surface area contributed by atoms with E-state index in [1.807, 2.05) is 18.2 Å². The van der Waals surface area contributed by atoms with E-state index in [0.717, 1.165) is 36.0 Å². The molecular weight excluding hydrogens is 288 g/mol. The van der Waals surface area contributed by atoms with Gasteiger partial charge >= 0.3 is 0 Å². The molecular formula is C18H24N4O. The second-order valence-electron chi connectivity index (χ2n) is 7.11. The maximum absolute atomic E-state index is 13.1. The molecule has 2 saturated heterocycles. The van der Waals surface area contributed by atoms with Crippen molar-refractivity contribution in [2.75, 3.05) is 13.1 Å². The van der Waals surface area contributed by atoms with E-state index in [0.29, 0.717) is 18.1 Å². The number of hydrogen-bond donors (Lipinski definition) is 1. The number of rotatable bonds is 2. The first-order chi connectivity index (χ1) is 11.1. The first-order valence-corrected chi connectivity index (χ1v) is 8.64. The number of para-hydroxylation sites is 1. The summed E-state index contributed by atoms with van der Waals surface area (Å²) in [7, 11) is 0. The van der Waals surface area contributed by atoms with Crippen molar-refractivity contribution in [3.8, 4) is 0 Å². The Bertz CT molecular complexity index is 723. The van der Waals surface area contributed by atoms with Crippen molar-refractivity contribution >= 4 is 16.8 Å². The second-order valence-corrected chi connectivity index (χ2v) is 7.11. The van der Waals surface area contributed by atoms with Crippen molar-refractivity contribution in [3.63, 3.8) is 0 Å². The molecule has 23 heavy (non-hydrogen) atoms. The Morgan fingerprint density at radius 2 is 2.09 bits per heavy atom. The first-order valence-electron chi connectivity index (χ1n) is 8.64. The number of aromatic nitrogens is 2. The van der Waals surface area contributed by atoms with Crippen LogP contribution in [0, 0.1) is 0 Å². The molecule has 1 aromatic heterocycles. The van der Waals surface area contributed by atoms with Gasteiger partial charge in [-0.1, -0.05) is 12.1 Å². The zero-order valence-electron chi connectivity index (χ0n) is 13.8. The van der Waals surface area contributed by atoms with Gasteiger partial charge in [0.25, 0.3) is 5.91 Å². The van der Waals surface area contributed by atoms with Crippen LogP contribution in [0.25, 0.3) is 10.9 Å². The van der Waals surface area contributed by atoms with Gasteiger partial charge in [-0.2, -0.15) is 5.10 Å². The Balaban J connectivity index is 1.61. The molecule has 1 amide bonds. The molecule has 5 nitrogen and oxygen atoms in total. The maximum atomic E-state index is 13.1. The summed E-state index contributed by atoms with van der Waals surface area (Å²) in [6.07, 6.45) is 5.35. The fourth-order valence-electron chi connectivity index (χ4n) is 4.46. The summed E-state index contributed by atoms with van der Waals surface area (Å²) in [5, 5.41) is 8.05. The highest BCUT2D eigenvalue weighted by Gasteiger charge is 2.39. The zero-order chi connectivity index (χ0) is 16.0. The average Bonchev–Trinajstić information content (AvgIpc) is 3.10. The average molecular weight is 312 g/mol. The predicted molar refractivity (Wildman–Crippen MR) is 90.4 cm³/mol. The third-order valence-electron chi connectivity index (χ3n) is 5.43. The molecule has 122 valence electrons. The highest BCUT2D eigenvalue weighted by molar-refractivity contribution is 6.05. The molecule has 0 aliphatic carbocycles. The molecule has 0 unspecified atom stereocenters. The number of fused-ring (bicyclic) bond motifs is 3. The van der Waals surface area contributed by atoms with Gasteiger partial charge in [0.2, 0.25) is 0 Å². The molecule has 1 aromatic carbocycles. The van der Waals surface area contributed by atoms with Crippen LogP contribution in [0.2, 0.25) is 0 Å². The molecule has 0 spiro atoms. The number of carbonyl (C=O) groups excluding carboxylic acids is 1. The topological polar surface area (TPSA) is 52.2 Å². The van der Waals surface area contributed by atoms with E-state index in [4.69, 9.17) is 0 Å². The molecule has 2 aromatic rings. The number of amides is 1. The predicted octanol–water partition coefficient (Wildman–Crippen LogP) is 2.65. The van der Waals surface area contributed by atoms with Crippen molar-refractivity contribution in [1.29, 1.82) is 0 Å². The lowest BCUT2D eigenvalue weighted by molar-refractivity contribution is 0.0730. The molecule has 0 radical (unpaired) electrons. The summed E-state index contributed by atoms with van der Waals surface area (Å²) in [6, 6.07) is 7.54. The lowest BCUT2D eigenvalue weighted by Gasteiger charge is -2.32. The van der Waals surface area contributed by atoms with Crippen molar-refractivity contribution in [2.45, 2.75) is 51.2 Å². The van der Waals surface area contributed by atoms with E-state index >= 15 is 0 Å². The third kappa shape index (κ3) is 2.43. The Labute approximate surface area is 136 Å². The fourth-order valence-corrected chi connectivity index (χ4v) is 4.46. The number of likely N-dealkylation sites (tertiary alicyclic amines) is 1. The number of aromatic amines is 1. The minimum atomic E-state index is 0.135. The number of H-pyrrole nitrogens is 1. The minimum absolute atomic E-state index is 0.135. The highest BCUT2D eigenvalue weighted by Crippen LogP contribution is 2.32. The van der Waals surface area contributed by atoms with Gasteiger partial charge in [0, 0.05) is 36.6 Å². The van der Waals surface area contributed by atoms with E-state index < -0.39 is 0 Å². The summed E-state index contributed by atoms with van der Waals surface area (Å²) in [5.41, 5.74) is 1.60. The van der Waals surface area contributed by atoms with Crippen LogP contribution in [0.4, 0.5) is 0 Å². The van der Waals surface area contributed by atoms with Crippen LogP contribution in [0.15, 0.2) is 24.4 Å². The van der Waals surface area contributed by atoms with Gasteiger partial charge in [0.1, 0.15) is 0 Å². The molecule has 3 heterocycles. The van der Waals surface area contributed by atoms with Gasteiger partial charge in [0.15, 0.2) is 0 Å². The van der Waals surface area contributed by atoms with Crippen LogP contribution in [-0.4, -0.2) is 57.1 Å². The Hall–Kier alpha value is -1.88. The summed E-state index contributed by atoms with van der Waals surface area (Å²) in [4.78, 5) is 17.8. The third-order valence-corrected chi connectivity index (χ3v) is 5.43. The van der Waals surface area contributed by atoms with Crippen LogP contribution in [0.5, 0.6) is 0 Å². The highest BCUT2D eigenvalue weighted by atomic mass is 16.2. The van der Waals surface area contributed by atoms with E-state index in [1.54, 1.807) is 6.20 Å². The number of benzene rings is 1. The molecule has 4 rings (SSSR count). The van der Waals surface area contributed by atoms with E-state index in [9.17, 15) is 4.79 Å². The summed E-state index contributed by atoms with van der Waals surface area (Å²) in [5.74, 6) is 0.135. The number of hydrogen-bond acceptors (Lipinski definition) is 3. The van der Waals surface area contributed by atoms with Crippen molar-refractivity contribution in [3.05, 3.63) is 30.0 Å². The Morgan fingerprint density at radius 1 is 1.26 bits per heavy atom. The minimum Gasteiger partial charge on any atom is -0.337 e. The van der Waals surface area contributed by atoms with Gasteiger partial charge in [-0.05, 0) is 39.2 Å². The lowest BCUT2D eigenvalue weighted by atomic mass is 10.1. The zero-order valence-corrected chi connectivity index (χ0v) is 13.8. The quantitative estimate of drug-likeness (QED) is 0.927. The van der Waals surface area contributed by atoms with Gasteiger partial charge in [-0.3, -0.25) is 14.8 Å². The summed E-state index contributed by atoms with van der Waals surface area (Å²) < 4.78 is 0. The molecule has 2 bridgehead atoms. The van der Waals surface area contributed by atoms with Gasteiger partial charge < -0.3 is 4.90 Å². The van der Waals surface area contributed by atoms with Crippen molar-refractivity contribution < 1.29 is 4.79 Å². The SMILES string of the molecule is CC(C)N1[C@H]2CC[C@H]1CN(C(=O)c1cccc3cn[nH]c13)CC2. The first kappa shape index (κ1) is 14.7. The van der Waals surface area contributed by atoms with Crippen LogP contribution < -0.4 is 0 Å². The molecule has 2 atom stereocenters. The molecule has 2 aliphatic heterocycles. The van der Waals surface area contributed by atoms with Gasteiger partial charge in [0.05, 0.1) is 17.3 Å².